The van der Waals surface area contributed by atoms with Crippen LogP contribution in [-0.2, 0) is 6.54 Å². The molecule has 0 bridgehead atoms. The molecule has 0 aliphatic carbocycles. The van der Waals surface area contributed by atoms with Gasteiger partial charge in [0.25, 0.3) is 0 Å². The zero-order chi connectivity index (χ0) is 12.8. The highest BCUT2D eigenvalue weighted by Gasteiger charge is 2.17. The molecule has 1 aliphatic heterocycles. The summed E-state index contributed by atoms with van der Waals surface area (Å²) in [6, 6.07) is 0.757. The Bertz CT molecular complexity index is 341. The van der Waals surface area contributed by atoms with Gasteiger partial charge in [-0.25, -0.2) is 9.97 Å². The molecule has 0 amide bonds. The van der Waals surface area contributed by atoms with Gasteiger partial charge in [-0.3, -0.25) is 4.90 Å². The SMILES string of the molecule is CC1CCCCN1CCN(C)Cc1cncnc1. The van der Waals surface area contributed by atoms with Crippen LogP contribution in [-0.4, -0.2) is 52.5 Å². The van der Waals surface area contributed by atoms with Crippen molar-refractivity contribution in [1.29, 1.82) is 0 Å². The van der Waals surface area contributed by atoms with E-state index < -0.39 is 0 Å². The van der Waals surface area contributed by atoms with E-state index in [1.54, 1.807) is 6.33 Å². The fourth-order valence-electron chi connectivity index (χ4n) is 2.59. The van der Waals surface area contributed by atoms with Crippen LogP contribution in [0.15, 0.2) is 18.7 Å². The molecule has 1 atom stereocenters. The van der Waals surface area contributed by atoms with Crippen molar-refractivity contribution in [2.45, 2.75) is 38.8 Å². The Morgan fingerprint density at radius 3 is 2.83 bits per heavy atom. The van der Waals surface area contributed by atoms with E-state index in [1.807, 2.05) is 12.4 Å². The quantitative estimate of drug-likeness (QED) is 0.795. The molecule has 100 valence electrons. The number of hydrogen-bond acceptors (Lipinski definition) is 4. The molecule has 0 radical (unpaired) electrons. The lowest BCUT2D eigenvalue weighted by molar-refractivity contribution is 0.141. The largest absolute Gasteiger partial charge is 0.301 e. The summed E-state index contributed by atoms with van der Waals surface area (Å²) in [5, 5.41) is 0. The van der Waals surface area contributed by atoms with Gasteiger partial charge in [-0.05, 0) is 33.4 Å². The van der Waals surface area contributed by atoms with Gasteiger partial charge in [0, 0.05) is 43.6 Å². The molecule has 1 unspecified atom stereocenters. The van der Waals surface area contributed by atoms with Gasteiger partial charge >= 0.3 is 0 Å². The van der Waals surface area contributed by atoms with Crippen molar-refractivity contribution in [3.63, 3.8) is 0 Å². The van der Waals surface area contributed by atoms with Crippen molar-refractivity contribution in [2.24, 2.45) is 0 Å². The van der Waals surface area contributed by atoms with E-state index in [-0.39, 0.29) is 0 Å². The number of likely N-dealkylation sites (N-methyl/N-ethyl adjacent to an activating group) is 1. The molecule has 1 aliphatic rings. The second-order valence-corrected chi connectivity index (χ2v) is 5.37. The summed E-state index contributed by atoms with van der Waals surface area (Å²) in [5.74, 6) is 0. The fraction of sp³-hybridized carbons (Fsp3) is 0.714. The molecule has 1 aromatic rings. The zero-order valence-electron chi connectivity index (χ0n) is 11.5. The van der Waals surface area contributed by atoms with Crippen LogP contribution in [0.1, 0.15) is 31.7 Å². The minimum atomic E-state index is 0.757. The van der Waals surface area contributed by atoms with Gasteiger partial charge in [-0.1, -0.05) is 6.42 Å². The zero-order valence-corrected chi connectivity index (χ0v) is 11.5. The predicted molar refractivity (Wildman–Crippen MR) is 73.3 cm³/mol. The third kappa shape index (κ3) is 4.03. The number of rotatable bonds is 5. The van der Waals surface area contributed by atoms with Crippen molar-refractivity contribution < 1.29 is 0 Å². The first-order valence-electron chi connectivity index (χ1n) is 6.92. The third-order valence-electron chi connectivity index (χ3n) is 3.78. The lowest BCUT2D eigenvalue weighted by Gasteiger charge is -2.34. The van der Waals surface area contributed by atoms with E-state index in [0.717, 1.165) is 19.1 Å². The van der Waals surface area contributed by atoms with Crippen molar-refractivity contribution in [2.75, 3.05) is 26.7 Å². The molecule has 1 aromatic heterocycles. The highest BCUT2D eigenvalue weighted by atomic mass is 15.2. The molecule has 0 saturated carbocycles. The molecular formula is C14H24N4. The average Bonchev–Trinajstić information content (AvgIpc) is 2.39. The highest BCUT2D eigenvalue weighted by Crippen LogP contribution is 2.15. The van der Waals surface area contributed by atoms with E-state index >= 15 is 0 Å². The lowest BCUT2D eigenvalue weighted by Crippen LogP contribution is -2.41. The van der Waals surface area contributed by atoms with Crippen LogP contribution in [0.4, 0.5) is 0 Å². The van der Waals surface area contributed by atoms with Crippen LogP contribution in [0.25, 0.3) is 0 Å². The monoisotopic (exact) mass is 248 g/mol. The molecule has 2 rings (SSSR count). The smallest absolute Gasteiger partial charge is 0.115 e. The number of hydrogen-bond donors (Lipinski definition) is 0. The van der Waals surface area contributed by atoms with Crippen LogP contribution < -0.4 is 0 Å². The van der Waals surface area contributed by atoms with Crippen molar-refractivity contribution in [3.8, 4) is 0 Å². The first-order valence-corrected chi connectivity index (χ1v) is 6.92. The Morgan fingerprint density at radius 2 is 2.11 bits per heavy atom. The van der Waals surface area contributed by atoms with Gasteiger partial charge in [0.05, 0.1) is 0 Å². The van der Waals surface area contributed by atoms with Gasteiger partial charge in [0.15, 0.2) is 0 Å². The molecular weight excluding hydrogens is 224 g/mol. The molecule has 0 aromatic carbocycles. The number of nitrogens with zero attached hydrogens (tertiary/aromatic N) is 4. The summed E-state index contributed by atoms with van der Waals surface area (Å²) in [4.78, 5) is 13.1. The Kier molecular flexibility index (Phi) is 5.08. The van der Waals surface area contributed by atoms with Crippen molar-refractivity contribution in [1.82, 2.24) is 19.8 Å². The number of piperidine rings is 1. The van der Waals surface area contributed by atoms with E-state index in [2.05, 4.69) is 33.7 Å². The molecule has 0 N–H and O–H groups in total. The standard InChI is InChI=1S/C14H24N4/c1-13-5-3-4-6-18(13)8-7-17(2)11-14-9-15-12-16-10-14/h9-10,12-13H,3-8,11H2,1-2H3. The average molecular weight is 248 g/mol. The Labute approximate surface area is 110 Å². The predicted octanol–water partition coefficient (Wildman–Crippen LogP) is 1.78. The molecule has 1 fully saturated rings. The molecule has 1 saturated heterocycles. The molecule has 18 heavy (non-hydrogen) atoms. The van der Waals surface area contributed by atoms with Gasteiger partial charge in [0.2, 0.25) is 0 Å². The molecule has 4 nitrogen and oxygen atoms in total. The maximum atomic E-state index is 4.05. The minimum absolute atomic E-state index is 0.757. The maximum Gasteiger partial charge on any atom is 0.115 e. The topological polar surface area (TPSA) is 32.3 Å². The molecule has 2 heterocycles. The Morgan fingerprint density at radius 1 is 1.33 bits per heavy atom. The molecule has 0 spiro atoms. The third-order valence-corrected chi connectivity index (χ3v) is 3.78. The van der Waals surface area contributed by atoms with Crippen LogP contribution in [0.2, 0.25) is 0 Å². The Hall–Kier alpha value is -1.00. The normalized spacial score (nSPS) is 21.4. The lowest BCUT2D eigenvalue weighted by atomic mass is 10.0. The maximum absolute atomic E-state index is 4.05. The van der Waals surface area contributed by atoms with Crippen LogP contribution in [0.3, 0.4) is 0 Å². The van der Waals surface area contributed by atoms with E-state index in [4.69, 9.17) is 0 Å². The van der Waals surface area contributed by atoms with Crippen LogP contribution in [0, 0.1) is 0 Å². The Balaban J connectivity index is 1.72. The summed E-state index contributed by atoms with van der Waals surface area (Å²) in [6.07, 6.45) is 9.49. The van der Waals surface area contributed by atoms with Gasteiger partial charge in [-0.15, -0.1) is 0 Å². The number of aromatic nitrogens is 2. The van der Waals surface area contributed by atoms with Crippen molar-refractivity contribution in [3.05, 3.63) is 24.3 Å². The van der Waals surface area contributed by atoms with E-state index in [9.17, 15) is 0 Å². The second-order valence-electron chi connectivity index (χ2n) is 5.37. The first kappa shape index (κ1) is 13.4. The first-order chi connectivity index (χ1) is 8.75. The van der Waals surface area contributed by atoms with E-state index in [0.29, 0.717) is 0 Å². The highest BCUT2D eigenvalue weighted by molar-refractivity contribution is 5.01. The van der Waals surface area contributed by atoms with Gasteiger partial charge in [-0.2, -0.15) is 0 Å². The summed E-state index contributed by atoms with van der Waals surface area (Å²) in [5.41, 5.74) is 1.19. The van der Waals surface area contributed by atoms with Crippen molar-refractivity contribution >= 4 is 0 Å². The second kappa shape index (κ2) is 6.81. The van der Waals surface area contributed by atoms with Gasteiger partial charge in [0.1, 0.15) is 6.33 Å². The summed E-state index contributed by atoms with van der Waals surface area (Å²) in [7, 11) is 2.17. The molecule has 4 heteroatoms. The van der Waals surface area contributed by atoms with Crippen LogP contribution in [0.5, 0.6) is 0 Å². The van der Waals surface area contributed by atoms with E-state index in [1.165, 1.54) is 37.9 Å². The van der Waals surface area contributed by atoms with Crippen LogP contribution >= 0.6 is 0 Å². The summed E-state index contributed by atoms with van der Waals surface area (Å²) >= 11 is 0. The summed E-state index contributed by atoms with van der Waals surface area (Å²) < 4.78 is 0. The number of likely N-dealkylation sites (tertiary alicyclic amines) is 1. The minimum Gasteiger partial charge on any atom is -0.301 e. The fourth-order valence-corrected chi connectivity index (χ4v) is 2.59. The summed E-state index contributed by atoms with van der Waals surface area (Å²) in [6.45, 7) is 6.83. The van der Waals surface area contributed by atoms with Gasteiger partial charge < -0.3 is 4.90 Å².